The highest BCUT2D eigenvalue weighted by Crippen LogP contribution is 2.27. The zero-order valence-electron chi connectivity index (χ0n) is 10.6. The fourth-order valence-electron chi connectivity index (χ4n) is 1.56. The van der Waals surface area contributed by atoms with Crippen LogP contribution in [0.1, 0.15) is 5.82 Å². The Morgan fingerprint density at radius 3 is 2.28 bits per heavy atom. The molecule has 0 aliphatic rings. The second kappa shape index (κ2) is 5.50. The zero-order valence-corrected chi connectivity index (χ0v) is 10.6. The van der Waals surface area contributed by atoms with Crippen molar-refractivity contribution in [1.29, 1.82) is 0 Å². The molecule has 0 unspecified atom stereocenters. The minimum atomic E-state index is 0.397. The van der Waals surface area contributed by atoms with Crippen LogP contribution in [0.25, 0.3) is 11.4 Å². The number of H-pyrrole nitrogens is 1. The van der Waals surface area contributed by atoms with Gasteiger partial charge in [0.2, 0.25) is 0 Å². The van der Waals surface area contributed by atoms with E-state index in [9.17, 15) is 0 Å². The summed E-state index contributed by atoms with van der Waals surface area (Å²) in [6.45, 7) is 0.397. The normalized spacial score (nSPS) is 10.4. The first-order valence-corrected chi connectivity index (χ1v) is 5.40. The van der Waals surface area contributed by atoms with E-state index in [2.05, 4.69) is 15.2 Å². The Balaban J connectivity index is 2.35. The van der Waals surface area contributed by atoms with Crippen LogP contribution in [0.2, 0.25) is 0 Å². The predicted octanol–water partition coefficient (Wildman–Crippen LogP) is 1.64. The standard InChI is InChI=1S/C12H15N3O3/c1-16-7-11-13-12(15-14-11)8-4-9(17-2)6-10(5-8)18-3/h4-6H,7H2,1-3H3,(H,13,14,15). The van der Waals surface area contributed by atoms with Gasteiger partial charge in [-0.2, -0.15) is 5.10 Å². The first-order valence-electron chi connectivity index (χ1n) is 5.40. The molecule has 6 nitrogen and oxygen atoms in total. The van der Waals surface area contributed by atoms with E-state index in [1.165, 1.54) is 0 Å². The number of nitrogens with one attached hydrogen (secondary N) is 1. The molecule has 6 heteroatoms. The number of hydrogen-bond donors (Lipinski definition) is 1. The van der Waals surface area contributed by atoms with Crippen molar-refractivity contribution >= 4 is 0 Å². The van der Waals surface area contributed by atoms with Crippen molar-refractivity contribution in [3.8, 4) is 22.9 Å². The molecule has 1 aromatic carbocycles. The van der Waals surface area contributed by atoms with Crippen molar-refractivity contribution < 1.29 is 14.2 Å². The first kappa shape index (κ1) is 12.4. The number of ether oxygens (including phenoxy) is 3. The third-order valence-electron chi connectivity index (χ3n) is 2.42. The van der Waals surface area contributed by atoms with Crippen LogP contribution in [0.3, 0.4) is 0 Å². The van der Waals surface area contributed by atoms with Crippen molar-refractivity contribution in [3.63, 3.8) is 0 Å². The maximum Gasteiger partial charge on any atom is 0.181 e. The summed E-state index contributed by atoms with van der Waals surface area (Å²) < 4.78 is 15.4. The van der Waals surface area contributed by atoms with E-state index in [1.54, 1.807) is 27.4 Å². The molecule has 0 fully saturated rings. The fraction of sp³-hybridized carbons (Fsp3) is 0.333. The lowest BCUT2D eigenvalue weighted by Crippen LogP contribution is -1.91. The Kier molecular flexibility index (Phi) is 3.78. The van der Waals surface area contributed by atoms with Crippen LogP contribution < -0.4 is 9.47 Å². The Hall–Kier alpha value is -2.08. The molecule has 1 aromatic heterocycles. The summed E-state index contributed by atoms with van der Waals surface area (Å²) >= 11 is 0. The van der Waals surface area contributed by atoms with Crippen LogP contribution in [0, 0.1) is 0 Å². The minimum absolute atomic E-state index is 0.397. The van der Waals surface area contributed by atoms with Crippen LogP contribution in [0.15, 0.2) is 18.2 Å². The SMILES string of the molecule is COCc1nc(-c2cc(OC)cc(OC)c2)n[nH]1. The molecule has 2 rings (SSSR count). The number of hydrogen-bond acceptors (Lipinski definition) is 5. The van der Waals surface area contributed by atoms with Gasteiger partial charge >= 0.3 is 0 Å². The summed E-state index contributed by atoms with van der Waals surface area (Å²) in [6, 6.07) is 5.50. The van der Waals surface area contributed by atoms with Gasteiger partial charge in [0.25, 0.3) is 0 Å². The van der Waals surface area contributed by atoms with Crippen molar-refractivity contribution in [2.45, 2.75) is 6.61 Å². The van der Waals surface area contributed by atoms with Gasteiger partial charge in [-0.3, -0.25) is 5.10 Å². The Morgan fingerprint density at radius 2 is 1.72 bits per heavy atom. The number of benzene rings is 1. The first-order chi connectivity index (χ1) is 8.76. The van der Waals surface area contributed by atoms with Gasteiger partial charge in [0, 0.05) is 18.7 Å². The predicted molar refractivity (Wildman–Crippen MR) is 65.6 cm³/mol. The summed E-state index contributed by atoms with van der Waals surface area (Å²) in [7, 11) is 4.82. The average Bonchev–Trinajstić information content (AvgIpc) is 2.87. The molecule has 0 bridgehead atoms. The van der Waals surface area contributed by atoms with Crippen molar-refractivity contribution in [3.05, 3.63) is 24.0 Å². The summed E-state index contributed by atoms with van der Waals surface area (Å²) in [5.74, 6) is 2.65. The van der Waals surface area contributed by atoms with Crippen LogP contribution in [0.4, 0.5) is 0 Å². The number of nitrogens with zero attached hydrogens (tertiary/aromatic N) is 2. The lowest BCUT2D eigenvalue weighted by molar-refractivity contribution is 0.178. The zero-order chi connectivity index (χ0) is 13.0. The maximum absolute atomic E-state index is 5.20. The van der Waals surface area contributed by atoms with E-state index in [4.69, 9.17) is 14.2 Å². The molecular weight excluding hydrogens is 234 g/mol. The molecule has 0 saturated carbocycles. The average molecular weight is 249 g/mol. The van der Waals surface area contributed by atoms with Gasteiger partial charge in [0.15, 0.2) is 11.6 Å². The molecule has 1 N–H and O–H groups in total. The third kappa shape index (κ3) is 2.60. The van der Waals surface area contributed by atoms with Gasteiger partial charge in [0.05, 0.1) is 14.2 Å². The number of aromatic nitrogens is 3. The van der Waals surface area contributed by atoms with Gasteiger partial charge < -0.3 is 14.2 Å². The Morgan fingerprint density at radius 1 is 1.06 bits per heavy atom. The molecular formula is C12H15N3O3. The largest absolute Gasteiger partial charge is 0.497 e. The molecule has 0 spiro atoms. The van der Waals surface area contributed by atoms with Gasteiger partial charge in [-0.05, 0) is 12.1 Å². The summed E-state index contributed by atoms with van der Waals surface area (Å²) in [6.07, 6.45) is 0. The molecule has 1 heterocycles. The van der Waals surface area contributed by atoms with E-state index in [0.29, 0.717) is 29.8 Å². The lowest BCUT2D eigenvalue weighted by Gasteiger charge is -2.05. The second-order valence-corrected chi connectivity index (χ2v) is 3.64. The quantitative estimate of drug-likeness (QED) is 0.872. The number of methoxy groups -OCH3 is 3. The van der Waals surface area contributed by atoms with Gasteiger partial charge in [-0.1, -0.05) is 0 Å². The molecule has 96 valence electrons. The van der Waals surface area contributed by atoms with Crippen LogP contribution in [-0.4, -0.2) is 36.5 Å². The highest BCUT2D eigenvalue weighted by molar-refractivity contribution is 5.60. The second-order valence-electron chi connectivity index (χ2n) is 3.64. The van der Waals surface area contributed by atoms with Gasteiger partial charge in [-0.25, -0.2) is 4.98 Å². The van der Waals surface area contributed by atoms with Crippen molar-refractivity contribution in [1.82, 2.24) is 15.2 Å². The summed E-state index contributed by atoms with van der Waals surface area (Å²) in [5.41, 5.74) is 0.824. The fourth-order valence-corrected chi connectivity index (χ4v) is 1.56. The van der Waals surface area contributed by atoms with E-state index in [0.717, 1.165) is 5.56 Å². The van der Waals surface area contributed by atoms with E-state index < -0.39 is 0 Å². The van der Waals surface area contributed by atoms with E-state index in [-0.39, 0.29) is 0 Å². The van der Waals surface area contributed by atoms with E-state index >= 15 is 0 Å². The van der Waals surface area contributed by atoms with Crippen LogP contribution in [0.5, 0.6) is 11.5 Å². The van der Waals surface area contributed by atoms with Gasteiger partial charge in [-0.15, -0.1) is 0 Å². The highest BCUT2D eigenvalue weighted by Gasteiger charge is 2.09. The van der Waals surface area contributed by atoms with Crippen molar-refractivity contribution in [2.24, 2.45) is 0 Å². The summed E-state index contributed by atoms with van der Waals surface area (Å²) in [4.78, 5) is 4.32. The topological polar surface area (TPSA) is 69.3 Å². The molecule has 18 heavy (non-hydrogen) atoms. The molecule has 2 aromatic rings. The molecule has 0 aliphatic heterocycles. The van der Waals surface area contributed by atoms with Gasteiger partial charge in [0.1, 0.15) is 18.1 Å². The van der Waals surface area contributed by atoms with E-state index in [1.807, 2.05) is 12.1 Å². The molecule has 0 aliphatic carbocycles. The lowest BCUT2D eigenvalue weighted by atomic mass is 10.2. The molecule has 0 radical (unpaired) electrons. The monoisotopic (exact) mass is 249 g/mol. The smallest absolute Gasteiger partial charge is 0.181 e. The van der Waals surface area contributed by atoms with Crippen LogP contribution >= 0.6 is 0 Å². The Labute approximate surface area is 105 Å². The summed E-state index contributed by atoms with van der Waals surface area (Å²) in [5, 5.41) is 6.94. The Bertz CT molecular complexity index is 503. The molecule has 0 atom stereocenters. The maximum atomic E-state index is 5.20. The minimum Gasteiger partial charge on any atom is -0.497 e. The molecule has 0 saturated heterocycles. The van der Waals surface area contributed by atoms with Crippen LogP contribution in [-0.2, 0) is 11.3 Å². The highest BCUT2D eigenvalue weighted by atomic mass is 16.5. The third-order valence-corrected chi connectivity index (χ3v) is 2.42. The molecule has 0 amide bonds. The van der Waals surface area contributed by atoms with Crippen molar-refractivity contribution in [2.75, 3.05) is 21.3 Å². The number of rotatable bonds is 5. The number of aromatic amines is 1.